The van der Waals surface area contributed by atoms with Crippen molar-refractivity contribution >= 4 is 16.9 Å². The zero-order chi connectivity index (χ0) is 14.8. The fourth-order valence-electron chi connectivity index (χ4n) is 1.87. The first kappa shape index (κ1) is 14.4. The number of hydrogen-bond donors (Lipinski definition) is 3. The molecule has 20 heavy (non-hydrogen) atoms. The zero-order valence-electron chi connectivity index (χ0n) is 10.4. The van der Waals surface area contributed by atoms with Crippen LogP contribution in [0.5, 0.6) is 0 Å². The van der Waals surface area contributed by atoms with Crippen molar-refractivity contribution in [1.82, 2.24) is 5.32 Å². The van der Waals surface area contributed by atoms with Crippen LogP contribution in [0.3, 0.4) is 0 Å². The minimum atomic E-state index is -3.25. The van der Waals surface area contributed by atoms with Crippen LogP contribution in [0.4, 0.5) is 8.78 Å². The van der Waals surface area contributed by atoms with Crippen LogP contribution in [0, 0.1) is 0 Å². The molecule has 0 aliphatic rings. The van der Waals surface area contributed by atoms with E-state index in [2.05, 4.69) is 5.32 Å². The third kappa shape index (κ3) is 2.94. The Morgan fingerprint density at radius 1 is 1.35 bits per heavy atom. The molecule has 0 aliphatic carbocycles. The minimum absolute atomic E-state index is 0.0891. The number of furan rings is 1. The molecule has 7 heteroatoms. The van der Waals surface area contributed by atoms with Gasteiger partial charge in [0, 0.05) is 17.5 Å². The molecule has 0 radical (unpaired) electrons. The molecule has 0 unspecified atom stereocenters. The van der Waals surface area contributed by atoms with Gasteiger partial charge in [-0.05, 0) is 6.07 Å². The summed E-state index contributed by atoms with van der Waals surface area (Å²) in [5.41, 5.74) is 0.692. The summed E-state index contributed by atoms with van der Waals surface area (Å²) in [5.74, 6) is -4.78. The standard InChI is InChI=1S/C13H13F2NO4/c14-13(15,7-17)6-16-5-9-8-3-1-2-4-10(8)20-11(9)12(18)19/h1-4,16-17H,5-7H2,(H,18,19). The van der Waals surface area contributed by atoms with Crippen LogP contribution in [0.2, 0.25) is 0 Å². The highest BCUT2D eigenvalue weighted by Gasteiger charge is 2.27. The van der Waals surface area contributed by atoms with Gasteiger partial charge in [-0.1, -0.05) is 18.2 Å². The molecule has 1 heterocycles. The molecule has 0 saturated heterocycles. The maximum atomic E-state index is 12.9. The number of para-hydroxylation sites is 1. The van der Waals surface area contributed by atoms with Gasteiger partial charge in [0.05, 0.1) is 6.54 Å². The van der Waals surface area contributed by atoms with Crippen LogP contribution >= 0.6 is 0 Å². The largest absolute Gasteiger partial charge is 0.475 e. The van der Waals surface area contributed by atoms with E-state index in [0.717, 1.165) is 0 Å². The molecule has 0 fully saturated rings. The van der Waals surface area contributed by atoms with Crippen molar-refractivity contribution in [1.29, 1.82) is 0 Å². The van der Waals surface area contributed by atoms with Crippen molar-refractivity contribution in [3.05, 3.63) is 35.6 Å². The van der Waals surface area contributed by atoms with E-state index in [1.54, 1.807) is 24.3 Å². The van der Waals surface area contributed by atoms with Gasteiger partial charge in [-0.15, -0.1) is 0 Å². The third-order valence-electron chi connectivity index (χ3n) is 2.81. The summed E-state index contributed by atoms with van der Waals surface area (Å²) in [4.78, 5) is 11.1. The van der Waals surface area contributed by atoms with E-state index in [9.17, 15) is 13.6 Å². The number of rotatable bonds is 6. The number of benzene rings is 1. The van der Waals surface area contributed by atoms with E-state index >= 15 is 0 Å². The van der Waals surface area contributed by atoms with Crippen LogP contribution < -0.4 is 5.32 Å². The molecule has 3 N–H and O–H groups in total. The fraction of sp³-hybridized carbons (Fsp3) is 0.308. The molecule has 0 bridgehead atoms. The van der Waals surface area contributed by atoms with Gasteiger partial charge >= 0.3 is 5.97 Å². The molecule has 2 aromatic rings. The number of aliphatic hydroxyl groups is 1. The van der Waals surface area contributed by atoms with Crippen LogP contribution in [0.15, 0.2) is 28.7 Å². The summed E-state index contributed by atoms with van der Waals surface area (Å²) in [7, 11) is 0. The highest BCUT2D eigenvalue weighted by Crippen LogP contribution is 2.26. The Kier molecular flexibility index (Phi) is 4.01. The second-order valence-corrected chi connectivity index (χ2v) is 4.33. The molecular formula is C13H13F2NO4. The van der Waals surface area contributed by atoms with Crippen LogP contribution in [-0.2, 0) is 6.54 Å². The number of alkyl halides is 2. The Morgan fingerprint density at radius 2 is 2.05 bits per heavy atom. The Labute approximate surface area is 112 Å². The lowest BCUT2D eigenvalue weighted by Gasteiger charge is -2.13. The molecule has 0 aliphatic heterocycles. The normalized spacial score (nSPS) is 11.9. The summed E-state index contributed by atoms with van der Waals surface area (Å²) < 4.78 is 31.0. The van der Waals surface area contributed by atoms with Gasteiger partial charge in [0.2, 0.25) is 5.76 Å². The lowest BCUT2D eigenvalue weighted by Crippen LogP contribution is -2.35. The first-order valence-electron chi connectivity index (χ1n) is 5.88. The van der Waals surface area contributed by atoms with Gasteiger partial charge in [-0.25, -0.2) is 13.6 Å². The molecule has 0 saturated carbocycles. The highest BCUT2D eigenvalue weighted by atomic mass is 19.3. The van der Waals surface area contributed by atoms with E-state index in [4.69, 9.17) is 14.6 Å². The number of aliphatic hydroxyl groups excluding tert-OH is 1. The van der Waals surface area contributed by atoms with Crippen molar-refractivity contribution in [2.45, 2.75) is 12.5 Å². The molecule has 2 rings (SSSR count). The maximum Gasteiger partial charge on any atom is 0.372 e. The van der Waals surface area contributed by atoms with E-state index in [-0.39, 0.29) is 12.3 Å². The maximum absolute atomic E-state index is 12.9. The average Bonchev–Trinajstić information content (AvgIpc) is 2.78. The summed E-state index contributed by atoms with van der Waals surface area (Å²) in [5, 5.41) is 20.5. The van der Waals surface area contributed by atoms with Gasteiger partial charge in [0.15, 0.2) is 0 Å². The van der Waals surface area contributed by atoms with Crippen molar-refractivity contribution in [3.63, 3.8) is 0 Å². The quantitative estimate of drug-likeness (QED) is 0.754. The Hall–Kier alpha value is -1.99. The molecule has 0 spiro atoms. The van der Waals surface area contributed by atoms with E-state index < -0.39 is 25.0 Å². The number of carboxylic acid groups (broad SMARTS) is 1. The van der Waals surface area contributed by atoms with Crippen molar-refractivity contribution in [2.24, 2.45) is 0 Å². The molecule has 1 aromatic carbocycles. The number of carboxylic acids is 1. The van der Waals surface area contributed by atoms with Gasteiger partial charge < -0.3 is 19.9 Å². The molecule has 0 atom stereocenters. The second-order valence-electron chi connectivity index (χ2n) is 4.33. The van der Waals surface area contributed by atoms with Gasteiger partial charge in [0.25, 0.3) is 5.92 Å². The summed E-state index contributed by atoms with van der Waals surface area (Å²) in [6.45, 7) is -2.10. The predicted octanol–water partition coefficient (Wildman–Crippen LogP) is 1.85. The molecule has 108 valence electrons. The topological polar surface area (TPSA) is 82.7 Å². The smallest absolute Gasteiger partial charge is 0.372 e. The Bertz CT molecular complexity index is 624. The molecule has 5 nitrogen and oxygen atoms in total. The van der Waals surface area contributed by atoms with Gasteiger partial charge in [-0.3, -0.25) is 0 Å². The number of hydrogen-bond acceptors (Lipinski definition) is 4. The number of aromatic carboxylic acids is 1. The zero-order valence-corrected chi connectivity index (χ0v) is 10.4. The molecule has 0 amide bonds. The predicted molar refractivity (Wildman–Crippen MR) is 66.9 cm³/mol. The minimum Gasteiger partial charge on any atom is -0.475 e. The number of carbonyl (C=O) groups is 1. The Morgan fingerprint density at radius 3 is 2.70 bits per heavy atom. The first-order valence-corrected chi connectivity index (χ1v) is 5.88. The highest BCUT2D eigenvalue weighted by molar-refractivity contribution is 5.95. The number of nitrogens with one attached hydrogen (secondary N) is 1. The van der Waals surface area contributed by atoms with Gasteiger partial charge in [0.1, 0.15) is 12.2 Å². The van der Waals surface area contributed by atoms with Crippen LogP contribution in [-0.4, -0.2) is 35.3 Å². The third-order valence-corrected chi connectivity index (χ3v) is 2.81. The van der Waals surface area contributed by atoms with Crippen molar-refractivity contribution < 1.29 is 28.2 Å². The van der Waals surface area contributed by atoms with E-state index in [1.807, 2.05) is 0 Å². The fourth-order valence-corrected chi connectivity index (χ4v) is 1.87. The second kappa shape index (κ2) is 5.56. The molecule has 1 aromatic heterocycles. The summed E-state index contributed by atoms with van der Waals surface area (Å²) >= 11 is 0. The van der Waals surface area contributed by atoms with E-state index in [0.29, 0.717) is 16.5 Å². The number of halogens is 2. The SMILES string of the molecule is O=C(O)c1oc2ccccc2c1CNCC(F)(F)CO. The summed E-state index contributed by atoms with van der Waals surface area (Å²) in [6.07, 6.45) is 0. The van der Waals surface area contributed by atoms with Crippen molar-refractivity contribution in [2.75, 3.05) is 13.2 Å². The Balaban J connectivity index is 2.24. The summed E-state index contributed by atoms with van der Waals surface area (Å²) in [6, 6.07) is 6.66. The monoisotopic (exact) mass is 285 g/mol. The van der Waals surface area contributed by atoms with Gasteiger partial charge in [-0.2, -0.15) is 0 Å². The van der Waals surface area contributed by atoms with Crippen LogP contribution in [0.25, 0.3) is 11.0 Å². The lowest BCUT2D eigenvalue weighted by molar-refractivity contribution is -0.0477. The lowest BCUT2D eigenvalue weighted by atomic mass is 10.1. The average molecular weight is 285 g/mol. The molecular weight excluding hydrogens is 272 g/mol. The van der Waals surface area contributed by atoms with Crippen LogP contribution in [0.1, 0.15) is 16.1 Å². The number of fused-ring (bicyclic) bond motifs is 1. The van der Waals surface area contributed by atoms with Crippen molar-refractivity contribution in [3.8, 4) is 0 Å². The first-order chi connectivity index (χ1) is 9.44. The van der Waals surface area contributed by atoms with E-state index in [1.165, 1.54) is 0 Å².